The highest BCUT2D eigenvalue weighted by Gasteiger charge is 2.13. The Bertz CT molecular complexity index is 737. The van der Waals surface area contributed by atoms with Crippen molar-refractivity contribution in [1.29, 1.82) is 0 Å². The molecule has 0 atom stereocenters. The first-order valence-electron chi connectivity index (χ1n) is 6.90. The predicted octanol–water partition coefficient (Wildman–Crippen LogP) is 4.50. The molecule has 0 saturated heterocycles. The molecule has 0 N–H and O–H groups in total. The molecule has 0 aliphatic rings. The molecule has 2 aromatic carbocycles. The van der Waals surface area contributed by atoms with Crippen LogP contribution in [0.4, 0.5) is 0 Å². The lowest BCUT2D eigenvalue weighted by atomic mass is 10.1. The Labute approximate surface area is 128 Å². The molecule has 3 nitrogen and oxygen atoms in total. The highest BCUT2D eigenvalue weighted by atomic mass is 35.5. The average Bonchev–Trinajstić information content (AvgIpc) is 2.92. The first-order chi connectivity index (χ1) is 10.3. The predicted molar refractivity (Wildman–Crippen MR) is 83.9 cm³/mol. The van der Waals surface area contributed by atoms with Crippen molar-refractivity contribution in [3.05, 3.63) is 59.3 Å². The molecule has 108 valence electrons. The van der Waals surface area contributed by atoms with E-state index >= 15 is 0 Å². The van der Waals surface area contributed by atoms with Crippen LogP contribution in [0.2, 0.25) is 0 Å². The van der Waals surface area contributed by atoms with Crippen LogP contribution < -0.4 is 4.74 Å². The lowest BCUT2D eigenvalue weighted by Gasteiger charge is -2.09. The average molecular weight is 302 g/mol. The minimum atomic E-state index is 0.535. The molecule has 1 heterocycles. The Balaban J connectivity index is 1.85. The summed E-state index contributed by atoms with van der Waals surface area (Å²) in [6.45, 7) is 2.52. The summed E-state index contributed by atoms with van der Waals surface area (Å²) in [5, 5.41) is 5.10. The molecule has 0 aliphatic heterocycles. The molecule has 0 spiro atoms. The van der Waals surface area contributed by atoms with E-state index in [1.54, 1.807) is 0 Å². The minimum absolute atomic E-state index is 0.535. The van der Waals surface area contributed by atoms with Crippen molar-refractivity contribution >= 4 is 22.6 Å². The summed E-state index contributed by atoms with van der Waals surface area (Å²) in [7, 11) is 0. The zero-order valence-corrected chi connectivity index (χ0v) is 12.6. The normalized spacial score (nSPS) is 11.0. The number of halogens is 1. The smallest absolute Gasteiger partial charge is 0.173 e. The SMILES string of the molecule is Cc1c(OCc2ccccc2)ccc2c(CCCl)noc12. The molecule has 3 aromatic rings. The van der Waals surface area contributed by atoms with Crippen molar-refractivity contribution in [2.45, 2.75) is 20.0 Å². The Morgan fingerprint density at radius 2 is 1.95 bits per heavy atom. The number of hydrogen-bond acceptors (Lipinski definition) is 3. The number of alkyl halides is 1. The lowest BCUT2D eigenvalue weighted by Crippen LogP contribution is -1.97. The molecular formula is C17H16ClNO2. The number of nitrogens with zero attached hydrogens (tertiary/aromatic N) is 1. The van der Waals surface area contributed by atoms with Crippen LogP contribution in [-0.2, 0) is 13.0 Å². The lowest BCUT2D eigenvalue weighted by molar-refractivity contribution is 0.303. The maximum absolute atomic E-state index is 5.89. The molecule has 0 radical (unpaired) electrons. The number of aryl methyl sites for hydroxylation is 2. The van der Waals surface area contributed by atoms with Crippen molar-refractivity contribution in [2.24, 2.45) is 0 Å². The number of aromatic nitrogens is 1. The van der Waals surface area contributed by atoms with Gasteiger partial charge in [0.05, 0.1) is 5.69 Å². The van der Waals surface area contributed by atoms with E-state index in [0.29, 0.717) is 18.9 Å². The summed E-state index contributed by atoms with van der Waals surface area (Å²) in [6, 6.07) is 14.0. The van der Waals surface area contributed by atoms with Gasteiger partial charge in [-0.3, -0.25) is 0 Å². The monoisotopic (exact) mass is 301 g/mol. The second-order valence-corrected chi connectivity index (χ2v) is 5.29. The van der Waals surface area contributed by atoms with E-state index in [2.05, 4.69) is 5.16 Å². The van der Waals surface area contributed by atoms with Gasteiger partial charge >= 0.3 is 0 Å². The number of ether oxygens (including phenoxy) is 1. The fraction of sp³-hybridized carbons (Fsp3) is 0.235. The third-order valence-electron chi connectivity index (χ3n) is 3.48. The summed E-state index contributed by atoms with van der Waals surface area (Å²) in [5.74, 6) is 1.35. The quantitative estimate of drug-likeness (QED) is 0.651. The third-order valence-corrected chi connectivity index (χ3v) is 3.67. The standard InChI is InChI=1S/C17H16ClNO2/c1-12-16(20-11-13-5-3-2-4-6-13)8-7-14-15(9-10-18)19-21-17(12)14/h2-8H,9-11H2,1H3. The van der Waals surface area contributed by atoms with Crippen molar-refractivity contribution in [2.75, 3.05) is 5.88 Å². The van der Waals surface area contributed by atoms with E-state index < -0.39 is 0 Å². The number of benzene rings is 2. The van der Waals surface area contributed by atoms with Crippen molar-refractivity contribution in [3.8, 4) is 5.75 Å². The highest BCUT2D eigenvalue weighted by molar-refractivity contribution is 6.18. The minimum Gasteiger partial charge on any atom is -0.488 e. The molecule has 0 saturated carbocycles. The molecule has 0 fully saturated rings. The van der Waals surface area contributed by atoms with Crippen LogP contribution in [0.3, 0.4) is 0 Å². The van der Waals surface area contributed by atoms with Gasteiger partial charge in [-0.1, -0.05) is 35.5 Å². The Kier molecular flexibility index (Phi) is 4.11. The summed E-state index contributed by atoms with van der Waals surface area (Å²) < 4.78 is 11.3. The molecule has 21 heavy (non-hydrogen) atoms. The van der Waals surface area contributed by atoms with Gasteiger partial charge in [0.15, 0.2) is 5.58 Å². The van der Waals surface area contributed by atoms with Crippen LogP contribution in [-0.4, -0.2) is 11.0 Å². The number of fused-ring (bicyclic) bond motifs is 1. The largest absolute Gasteiger partial charge is 0.488 e. The topological polar surface area (TPSA) is 35.3 Å². The van der Waals surface area contributed by atoms with Crippen molar-refractivity contribution in [3.63, 3.8) is 0 Å². The molecule has 0 bridgehead atoms. The molecule has 4 heteroatoms. The highest BCUT2D eigenvalue weighted by Crippen LogP contribution is 2.30. The summed E-state index contributed by atoms with van der Waals surface area (Å²) in [4.78, 5) is 0. The Morgan fingerprint density at radius 1 is 1.14 bits per heavy atom. The fourth-order valence-electron chi connectivity index (χ4n) is 2.33. The maximum Gasteiger partial charge on any atom is 0.173 e. The molecule has 0 aliphatic carbocycles. The summed E-state index contributed by atoms with van der Waals surface area (Å²) >= 11 is 5.78. The molecule has 1 aromatic heterocycles. The van der Waals surface area contributed by atoms with E-state index in [1.165, 1.54) is 0 Å². The second kappa shape index (κ2) is 6.19. The van der Waals surface area contributed by atoms with Gasteiger partial charge in [0, 0.05) is 23.3 Å². The van der Waals surface area contributed by atoms with Crippen LogP contribution >= 0.6 is 11.6 Å². The van der Waals surface area contributed by atoms with E-state index in [0.717, 1.165) is 33.5 Å². The number of rotatable bonds is 5. The summed E-state index contributed by atoms with van der Waals surface area (Å²) in [6.07, 6.45) is 0.707. The van der Waals surface area contributed by atoms with Crippen molar-refractivity contribution < 1.29 is 9.26 Å². The van der Waals surface area contributed by atoms with E-state index in [-0.39, 0.29) is 0 Å². The van der Waals surface area contributed by atoms with Gasteiger partial charge in [-0.05, 0) is 24.6 Å². The third kappa shape index (κ3) is 2.88. The van der Waals surface area contributed by atoms with Crippen LogP contribution in [0, 0.1) is 6.92 Å². The maximum atomic E-state index is 5.89. The van der Waals surface area contributed by atoms with Gasteiger partial charge < -0.3 is 9.26 Å². The fourth-order valence-corrected chi connectivity index (χ4v) is 2.51. The van der Waals surface area contributed by atoms with Crippen LogP contribution in [0.5, 0.6) is 5.75 Å². The van der Waals surface area contributed by atoms with Crippen LogP contribution in [0.25, 0.3) is 11.0 Å². The van der Waals surface area contributed by atoms with Gasteiger partial charge in [-0.15, -0.1) is 11.6 Å². The Morgan fingerprint density at radius 3 is 2.71 bits per heavy atom. The van der Waals surface area contributed by atoms with Crippen molar-refractivity contribution in [1.82, 2.24) is 5.16 Å². The first kappa shape index (κ1) is 14.0. The zero-order valence-electron chi connectivity index (χ0n) is 11.8. The van der Waals surface area contributed by atoms with Gasteiger partial charge in [-0.25, -0.2) is 0 Å². The van der Waals surface area contributed by atoms with Gasteiger partial charge in [0.1, 0.15) is 12.4 Å². The van der Waals surface area contributed by atoms with Gasteiger partial charge in [-0.2, -0.15) is 0 Å². The molecular weight excluding hydrogens is 286 g/mol. The number of hydrogen-bond donors (Lipinski definition) is 0. The first-order valence-corrected chi connectivity index (χ1v) is 7.43. The van der Waals surface area contributed by atoms with Crippen LogP contribution in [0.1, 0.15) is 16.8 Å². The van der Waals surface area contributed by atoms with E-state index in [4.69, 9.17) is 20.9 Å². The van der Waals surface area contributed by atoms with Crippen LogP contribution in [0.15, 0.2) is 47.0 Å². The second-order valence-electron chi connectivity index (χ2n) is 4.91. The van der Waals surface area contributed by atoms with E-state index in [1.807, 2.05) is 49.4 Å². The Hall–Kier alpha value is -2.00. The van der Waals surface area contributed by atoms with Gasteiger partial charge in [0.2, 0.25) is 0 Å². The zero-order chi connectivity index (χ0) is 14.7. The molecule has 3 rings (SSSR count). The molecule has 0 unspecified atom stereocenters. The molecule has 0 amide bonds. The van der Waals surface area contributed by atoms with Gasteiger partial charge in [0.25, 0.3) is 0 Å². The van der Waals surface area contributed by atoms with E-state index in [9.17, 15) is 0 Å². The summed E-state index contributed by atoms with van der Waals surface area (Å²) in [5.41, 5.74) is 3.78.